The third kappa shape index (κ3) is 4.48. The fourth-order valence-corrected chi connectivity index (χ4v) is 4.77. The molecule has 0 saturated carbocycles. The number of fused-ring (bicyclic) bond motifs is 1. The molecule has 0 radical (unpaired) electrons. The van der Waals surface area contributed by atoms with Crippen LogP contribution in [-0.4, -0.2) is 63.7 Å². The quantitative estimate of drug-likeness (QED) is 0.420. The maximum Gasteiger partial charge on any atom is 0.165 e. The zero-order valence-electron chi connectivity index (χ0n) is 20.3. The first kappa shape index (κ1) is 22.3. The van der Waals surface area contributed by atoms with Gasteiger partial charge < -0.3 is 14.8 Å². The van der Waals surface area contributed by atoms with E-state index in [-0.39, 0.29) is 0 Å². The summed E-state index contributed by atoms with van der Waals surface area (Å²) in [5.74, 6) is 1.71. The van der Waals surface area contributed by atoms with Crippen molar-refractivity contribution in [1.82, 2.24) is 24.4 Å². The molecule has 176 valence electrons. The lowest BCUT2D eigenvalue weighted by Crippen LogP contribution is -2.47. The Morgan fingerprint density at radius 1 is 0.912 bits per heavy atom. The maximum absolute atomic E-state index is 4.86. The zero-order chi connectivity index (χ0) is 23.5. The molecule has 0 bridgehead atoms. The molecule has 5 rings (SSSR count). The topological polar surface area (TPSA) is 62.1 Å². The summed E-state index contributed by atoms with van der Waals surface area (Å²) < 4.78 is 2.03. The van der Waals surface area contributed by atoms with Gasteiger partial charge >= 0.3 is 0 Å². The Kier molecular flexibility index (Phi) is 6.45. The fraction of sp³-hybridized carbons (Fsp3) is 0.370. The molecule has 1 aliphatic heterocycles. The van der Waals surface area contributed by atoms with Crippen LogP contribution in [0.1, 0.15) is 17.5 Å². The zero-order valence-corrected chi connectivity index (χ0v) is 20.3. The molecule has 2 aromatic heterocycles. The molecule has 1 aliphatic rings. The van der Waals surface area contributed by atoms with Gasteiger partial charge in [-0.05, 0) is 44.0 Å². The Morgan fingerprint density at radius 2 is 1.71 bits per heavy atom. The van der Waals surface area contributed by atoms with Gasteiger partial charge in [0.25, 0.3) is 0 Å². The first-order valence-corrected chi connectivity index (χ1v) is 12.1. The summed E-state index contributed by atoms with van der Waals surface area (Å²) in [7, 11) is 2.01. The fourth-order valence-electron chi connectivity index (χ4n) is 4.77. The Bertz CT molecular complexity index is 1260. The molecule has 34 heavy (non-hydrogen) atoms. The molecule has 7 heteroatoms. The number of aryl methyl sites for hydroxylation is 2. The van der Waals surface area contributed by atoms with E-state index in [4.69, 9.17) is 4.98 Å². The minimum Gasteiger partial charge on any atom is -0.369 e. The van der Waals surface area contributed by atoms with Crippen molar-refractivity contribution in [3.8, 4) is 11.4 Å². The molecule has 1 N–H and O–H groups in total. The first-order chi connectivity index (χ1) is 16.6. The molecule has 0 aliphatic carbocycles. The summed E-state index contributed by atoms with van der Waals surface area (Å²) >= 11 is 0. The molecule has 0 spiro atoms. The van der Waals surface area contributed by atoms with E-state index in [9.17, 15) is 0 Å². The van der Waals surface area contributed by atoms with Gasteiger partial charge in [-0.1, -0.05) is 42.5 Å². The first-order valence-electron chi connectivity index (χ1n) is 12.1. The van der Waals surface area contributed by atoms with Gasteiger partial charge in [0.2, 0.25) is 0 Å². The van der Waals surface area contributed by atoms with Gasteiger partial charge in [-0.2, -0.15) is 0 Å². The van der Waals surface area contributed by atoms with Crippen molar-refractivity contribution in [2.24, 2.45) is 7.05 Å². The summed E-state index contributed by atoms with van der Waals surface area (Å²) in [6, 6.07) is 16.8. The molecule has 1 fully saturated rings. The monoisotopic (exact) mass is 455 g/mol. The van der Waals surface area contributed by atoms with Crippen molar-refractivity contribution < 1.29 is 0 Å². The Morgan fingerprint density at radius 3 is 2.50 bits per heavy atom. The molecule has 0 amide bonds. The van der Waals surface area contributed by atoms with E-state index in [2.05, 4.69) is 69.3 Å². The molecule has 1 saturated heterocycles. The summed E-state index contributed by atoms with van der Waals surface area (Å²) in [5, 5.41) is 3.50. The van der Waals surface area contributed by atoms with Crippen LogP contribution in [-0.2, 0) is 7.05 Å². The van der Waals surface area contributed by atoms with E-state index in [1.807, 2.05) is 29.8 Å². The van der Waals surface area contributed by atoms with Gasteiger partial charge in [0.1, 0.15) is 12.2 Å². The van der Waals surface area contributed by atoms with Gasteiger partial charge in [0.15, 0.2) is 17.0 Å². The van der Waals surface area contributed by atoms with Crippen molar-refractivity contribution in [1.29, 1.82) is 0 Å². The minimum absolute atomic E-state index is 0.808. The van der Waals surface area contributed by atoms with E-state index in [0.29, 0.717) is 0 Å². The number of hydrogen-bond donors (Lipinski definition) is 1. The highest BCUT2D eigenvalue weighted by atomic mass is 15.3. The number of nitrogens with zero attached hydrogens (tertiary/aromatic N) is 6. The number of hydrogen-bond acceptors (Lipinski definition) is 6. The third-order valence-electron chi connectivity index (χ3n) is 6.92. The van der Waals surface area contributed by atoms with Crippen molar-refractivity contribution in [3.05, 3.63) is 66.0 Å². The molecule has 0 unspecified atom stereocenters. The minimum atomic E-state index is 0.808. The highest BCUT2D eigenvalue weighted by Gasteiger charge is 2.19. The second-order valence-electron chi connectivity index (χ2n) is 9.08. The second-order valence-corrected chi connectivity index (χ2v) is 9.08. The van der Waals surface area contributed by atoms with E-state index in [1.54, 1.807) is 6.33 Å². The van der Waals surface area contributed by atoms with Crippen LogP contribution in [0.4, 0.5) is 11.5 Å². The van der Waals surface area contributed by atoms with Crippen molar-refractivity contribution in [3.63, 3.8) is 0 Å². The van der Waals surface area contributed by atoms with Gasteiger partial charge in [-0.3, -0.25) is 4.90 Å². The largest absolute Gasteiger partial charge is 0.369 e. The van der Waals surface area contributed by atoms with Gasteiger partial charge in [-0.25, -0.2) is 15.0 Å². The summed E-state index contributed by atoms with van der Waals surface area (Å²) in [6.45, 7) is 10.7. The second kappa shape index (κ2) is 9.81. The molecule has 2 aromatic carbocycles. The van der Waals surface area contributed by atoms with Gasteiger partial charge in [0.05, 0.1) is 0 Å². The average molecular weight is 456 g/mol. The van der Waals surface area contributed by atoms with Crippen molar-refractivity contribution >= 4 is 22.7 Å². The number of imidazole rings is 1. The molecule has 0 atom stereocenters. The summed E-state index contributed by atoms with van der Waals surface area (Å²) in [6.07, 6.45) is 2.68. The molecule has 3 heterocycles. The Hall–Kier alpha value is -3.45. The number of aromatic nitrogens is 4. The van der Waals surface area contributed by atoms with Crippen LogP contribution in [0.5, 0.6) is 0 Å². The van der Waals surface area contributed by atoms with E-state index < -0.39 is 0 Å². The van der Waals surface area contributed by atoms with Crippen LogP contribution in [0.2, 0.25) is 0 Å². The highest BCUT2D eigenvalue weighted by molar-refractivity contribution is 5.86. The van der Waals surface area contributed by atoms with E-state index >= 15 is 0 Å². The number of anilines is 2. The Labute approximate surface area is 201 Å². The lowest BCUT2D eigenvalue weighted by molar-refractivity contribution is 0.257. The number of piperazine rings is 1. The average Bonchev–Trinajstić information content (AvgIpc) is 3.22. The SMILES string of the molecule is Cc1cccc(N2CCN(CCCNc3ncnc4c3nc(-c3ccccc3)n4C)CC2)c1C. The van der Waals surface area contributed by atoms with Crippen LogP contribution in [0.3, 0.4) is 0 Å². The predicted octanol–water partition coefficient (Wildman–Crippen LogP) is 4.27. The maximum atomic E-state index is 4.86. The standard InChI is InChI=1S/C27H33N7/c1-20-9-7-12-23(21(20)2)34-17-15-33(16-18-34)14-8-13-28-25-24-27(30-19-29-25)32(3)26(31-24)22-10-5-4-6-11-22/h4-7,9-12,19H,8,13-18H2,1-3H3,(H,28,29,30). The van der Waals surface area contributed by atoms with Crippen molar-refractivity contribution in [2.75, 3.05) is 49.5 Å². The van der Waals surface area contributed by atoms with Crippen LogP contribution < -0.4 is 10.2 Å². The van der Waals surface area contributed by atoms with Crippen LogP contribution in [0.15, 0.2) is 54.9 Å². The van der Waals surface area contributed by atoms with Crippen LogP contribution >= 0.6 is 0 Å². The third-order valence-corrected chi connectivity index (χ3v) is 6.92. The van der Waals surface area contributed by atoms with E-state index in [1.165, 1.54) is 16.8 Å². The lowest BCUT2D eigenvalue weighted by atomic mass is 10.1. The van der Waals surface area contributed by atoms with Crippen LogP contribution in [0, 0.1) is 13.8 Å². The molecular formula is C27H33N7. The number of rotatable bonds is 7. The Balaban J connectivity index is 1.16. The smallest absolute Gasteiger partial charge is 0.165 e. The molecular weight excluding hydrogens is 422 g/mol. The highest BCUT2D eigenvalue weighted by Crippen LogP contribution is 2.26. The summed E-state index contributed by atoms with van der Waals surface area (Å²) in [5.41, 5.74) is 6.91. The van der Waals surface area contributed by atoms with Gasteiger partial charge in [0, 0.05) is 51.0 Å². The van der Waals surface area contributed by atoms with Crippen LogP contribution in [0.25, 0.3) is 22.6 Å². The number of benzene rings is 2. The van der Waals surface area contributed by atoms with Crippen molar-refractivity contribution in [2.45, 2.75) is 20.3 Å². The lowest BCUT2D eigenvalue weighted by Gasteiger charge is -2.37. The van der Waals surface area contributed by atoms with E-state index in [0.717, 1.165) is 74.1 Å². The predicted molar refractivity (Wildman–Crippen MR) is 139 cm³/mol. The summed E-state index contributed by atoms with van der Waals surface area (Å²) in [4.78, 5) is 18.9. The molecule has 4 aromatic rings. The normalized spacial score (nSPS) is 14.6. The van der Waals surface area contributed by atoms with Gasteiger partial charge in [-0.15, -0.1) is 0 Å². The number of nitrogens with one attached hydrogen (secondary N) is 1. The molecule has 7 nitrogen and oxygen atoms in total.